The molecular formula is C32H33NO2. The number of pyridine rings is 1. The van der Waals surface area contributed by atoms with Crippen molar-refractivity contribution in [1.82, 2.24) is 4.57 Å². The lowest BCUT2D eigenvalue weighted by atomic mass is 9.92. The summed E-state index contributed by atoms with van der Waals surface area (Å²) < 4.78 is 8.09. The Bertz CT molecular complexity index is 1440. The predicted molar refractivity (Wildman–Crippen MR) is 144 cm³/mol. The first-order valence-corrected chi connectivity index (χ1v) is 12.6. The van der Waals surface area contributed by atoms with E-state index in [1.54, 1.807) is 0 Å². The third-order valence-corrected chi connectivity index (χ3v) is 7.33. The van der Waals surface area contributed by atoms with Crippen LogP contribution >= 0.6 is 0 Å². The summed E-state index contributed by atoms with van der Waals surface area (Å²) in [5.41, 5.74) is 10.3. The number of hydrogen-bond acceptors (Lipinski definition) is 2. The molecule has 5 rings (SSSR count). The fourth-order valence-electron chi connectivity index (χ4n) is 5.06. The van der Waals surface area contributed by atoms with Crippen LogP contribution in [-0.2, 0) is 19.4 Å². The minimum atomic E-state index is 0.0642. The maximum absolute atomic E-state index is 13.3. The Morgan fingerprint density at radius 3 is 2.20 bits per heavy atom. The molecule has 178 valence electrons. The van der Waals surface area contributed by atoms with Crippen LogP contribution in [0.3, 0.4) is 0 Å². The minimum Gasteiger partial charge on any atom is -0.457 e. The summed E-state index contributed by atoms with van der Waals surface area (Å²) in [6, 6.07) is 23.1. The van der Waals surface area contributed by atoms with Gasteiger partial charge in [-0.15, -0.1) is 0 Å². The molecule has 0 aliphatic heterocycles. The van der Waals surface area contributed by atoms with E-state index in [1.165, 1.54) is 41.5 Å². The number of ether oxygens (including phenoxy) is 1. The van der Waals surface area contributed by atoms with Crippen LogP contribution in [0.1, 0.15) is 51.8 Å². The van der Waals surface area contributed by atoms with Crippen molar-refractivity contribution in [2.24, 2.45) is 0 Å². The third-order valence-electron chi connectivity index (χ3n) is 7.33. The predicted octanol–water partition coefficient (Wildman–Crippen LogP) is 7.47. The van der Waals surface area contributed by atoms with Crippen LogP contribution in [0.25, 0.3) is 11.3 Å². The van der Waals surface area contributed by atoms with Crippen molar-refractivity contribution >= 4 is 0 Å². The summed E-state index contributed by atoms with van der Waals surface area (Å²) in [4.78, 5) is 13.3. The van der Waals surface area contributed by atoms with Gasteiger partial charge in [-0.2, -0.15) is 0 Å². The largest absolute Gasteiger partial charge is 0.457 e. The van der Waals surface area contributed by atoms with Gasteiger partial charge in [-0.3, -0.25) is 4.79 Å². The second kappa shape index (κ2) is 9.58. The Kier molecular flexibility index (Phi) is 6.34. The minimum absolute atomic E-state index is 0.0642. The highest BCUT2D eigenvalue weighted by Gasteiger charge is 2.14. The molecule has 4 aromatic rings. The molecule has 3 heteroatoms. The number of rotatable bonds is 5. The zero-order chi connectivity index (χ0) is 24.5. The van der Waals surface area contributed by atoms with Crippen LogP contribution in [0, 0.1) is 27.7 Å². The molecule has 0 fully saturated rings. The third kappa shape index (κ3) is 4.81. The molecule has 0 radical (unpaired) electrons. The molecule has 0 N–H and O–H groups in total. The normalized spacial score (nSPS) is 12.9. The lowest BCUT2D eigenvalue weighted by molar-refractivity contribution is 0.481. The van der Waals surface area contributed by atoms with E-state index in [2.05, 4.69) is 68.4 Å². The van der Waals surface area contributed by atoms with Gasteiger partial charge < -0.3 is 9.30 Å². The Labute approximate surface area is 208 Å². The van der Waals surface area contributed by atoms with Crippen LogP contribution in [0.2, 0.25) is 0 Å². The number of aromatic nitrogens is 1. The summed E-state index contributed by atoms with van der Waals surface area (Å²) in [5.74, 6) is 1.69. The van der Waals surface area contributed by atoms with Gasteiger partial charge in [-0.25, -0.2) is 0 Å². The van der Waals surface area contributed by atoms with E-state index in [-0.39, 0.29) is 5.56 Å². The van der Waals surface area contributed by atoms with Crippen molar-refractivity contribution in [1.29, 1.82) is 0 Å². The smallest absolute Gasteiger partial charge is 0.254 e. The molecule has 0 saturated carbocycles. The highest BCUT2D eigenvalue weighted by molar-refractivity contribution is 5.62. The van der Waals surface area contributed by atoms with Crippen molar-refractivity contribution in [2.75, 3.05) is 0 Å². The zero-order valence-electron chi connectivity index (χ0n) is 21.2. The maximum Gasteiger partial charge on any atom is 0.254 e. The van der Waals surface area contributed by atoms with Gasteiger partial charge in [-0.1, -0.05) is 29.8 Å². The Morgan fingerprint density at radius 2 is 1.46 bits per heavy atom. The van der Waals surface area contributed by atoms with E-state index in [4.69, 9.17) is 4.74 Å². The number of fused-ring (bicyclic) bond motifs is 1. The second-order valence-electron chi connectivity index (χ2n) is 9.92. The van der Waals surface area contributed by atoms with Gasteiger partial charge in [-0.05, 0) is 129 Å². The molecule has 3 aromatic carbocycles. The topological polar surface area (TPSA) is 31.2 Å². The highest BCUT2D eigenvalue weighted by atomic mass is 16.5. The lowest BCUT2D eigenvalue weighted by Gasteiger charge is -2.18. The van der Waals surface area contributed by atoms with Gasteiger partial charge in [0.2, 0.25) is 0 Å². The monoisotopic (exact) mass is 463 g/mol. The molecule has 1 aliphatic rings. The Hall–Kier alpha value is -3.59. The Morgan fingerprint density at radius 1 is 0.743 bits per heavy atom. The van der Waals surface area contributed by atoms with Crippen molar-refractivity contribution in [2.45, 2.75) is 59.9 Å². The van der Waals surface area contributed by atoms with E-state index < -0.39 is 0 Å². The molecule has 3 nitrogen and oxygen atoms in total. The SMILES string of the molecule is Cc1ccc(Cn2c(-c3ccc(Oc4ccc5c(c4)CCCC5)cc3)cc(C)c(C)c2=O)c(C)c1. The van der Waals surface area contributed by atoms with E-state index in [9.17, 15) is 4.79 Å². The standard InChI is InChI=1S/C32H33NO2/c1-21-9-10-28(23(3)17-21)20-33-31(18-22(2)24(4)32(33)34)26-12-14-29(15-13-26)35-30-16-11-25-7-5-6-8-27(25)19-30/h9-19H,5-8,20H2,1-4H3. The lowest BCUT2D eigenvalue weighted by Crippen LogP contribution is -2.25. The van der Waals surface area contributed by atoms with E-state index >= 15 is 0 Å². The van der Waals surface area contributed by atoms with E-state index in [1.807, 2.05) is 30.5 Å². The molecule has 0 amide bonds. The maximum atomic E-state index is 13.3. The van der Waals surface area contributed by atoms with Gasteiger partial charge in [0.1, 0.15) is 11.5 Å². The van der Waals surface area contributed by atoms with Gasteiger partial charge in [0.05, 0.1) is 12.2 Å². The molecule has 1 aromatic heterocycles. The van der Waals surface area contributed by atoms with Crippen molar-refractivity contribution < 1.29 is 4.74 Å². The van der Waals surface area contributed by atoms with Crippen LogP contribution < -0.4 is 10.3 Å². The van der Waals surface area contributed by atoms with Crippen LogP contribution in [-0.4, -0.2) is 4.57 Å². The fraction of sp³-hybridized carbons (Fsp3) is 0.281. The van der Waals surface area contributed by atoms with Crippen molar-refractivity contribution in [3.8, 4) is 22.8 Å². The zero-order valence-corrected chi connectivity index (χ0v) is 21.2. The average molecular weight is 464 g/mol. The summed E-state index contributed by atoms with van der Waals surface area (Å²) in [5, 5.41) is 0. The highest BCUT2D eigenvalue weighted by Crippen LogP contribution is 2.30. The molecule has 0 unspecified atom stereocenters. The number of hydrogen-bond donors (Lipinski definition) is 0. The first-order chi connectivity index (χ1) is 16.9. The molecule has 35 heavy (non-hydrogen) atoms. The van der Waals surface area contributed by atoms with Crippen molar-refractivity contribution in [3.05, 3.63) is 116 Å². The molecular weight excluding hydrogens is 430 g/mol. The Balaban J connectivity index is 1.46. The summed E-state index contributed by atoms with van der Waals surface area (Å²) in [6.07, 6.45) is 4.84. The summed E-state index contributed by atoms with van der Waals surface area (Å²) >= 11 is 0. The number of nitrogens with zero attached hydrogens (tertiary/aromatic N) is 1. The molecule has 0 saturated heterocycles. The van der Waals surface area contributed by atoms with Crippen LogP contribution in [0.5, 0.6) is 11.5 Å². The first kappa shape index (κ1) is 23.2. The van der Waals surface area contributed by atoms with E-state index in [0.29, 0.717) is 6.54 Å². The van der Waals surface area contributed by atoms with E-state index in [0.717, 1.165) is 45.9 Å². The summed E-state index contributed by atoms with van der Waals surface area (Å²) in [6.45, 7) is 8.68. The quantitative estimate of drug-likeness (QED) is 0.307. The van der Waals surface area contributed by atoms with Crippen LogP contribution in [0.15, 0.2) is 71.5 Å². The molecule has 0 atom stereocenters. The number of benzene rings is 3. The van der Waals surface area contributed by atoms with Crippen LogP contribution in [0.4, 0.5) is 0 Å². The van der Waals surface area contributed by atoms with Crippen molar-refractivity contribution in [3.63, 3.8) is 0 Å². The molecule has 0 spiro atoms. The molecule has 1 aliphatic carbocycles. The first-order valence-electron chi connectivity index (χ1n) is 12.6. The fourth-order valence-corrected chi connectivity index (χ4v) is 5.06. The van der Waals surface area contributed by atoms with Gasteiger partial charge in [0.15, 0.2) is 0 Å². The van der Waals surface area contributed by atoms with Gasteiger partial charge >= 0.3 is 0 Å². The molecule has 1 heterocycles. The number of aryl methyl sites for hydroxylation is 5. The second-order valence-corrected chi connectivity index (χ2v) is 9.92. The molecule has 0 bridgehead atoms. The average Bonchev–Trinajstić information content (AvgIpc) is 2.86. The van der Waals surface area contributed by atoms with Gasteiger partial charge in [0, 0.05) is 5.56 Å². The van der Waals surface area contributed by atoms with Gasteiger partial charge in [0.25, 0.3) is 5.56 Å². The summed E-state index contributed by atoms with van der Waals surface area (Å²) in [7, 11) is 0.